The molecule has 5 heteroatoms. The molecule has 1 aliphatic rings. The van der Waals surface area contributed by atoms with Crippen LogP contribution in [0.5, 0.6) is 0 Å². The van der Waals surface area contributed by atoms with Crippen LogP contribution < -0.4 is 0 Å². The van der Waals surface area contributed by atoms with Crippen molar-refractivity contribution in [3.63, 3.8) is 0 Å². The van der Waals surface area contributed by atoms with Gasteiger partial charge in [-0.3, -0.25) is 0 Å². The normalized spacial score (nSPS) is 18.1. The first-order valence-corrected chi connectivity index (χ1v) is 5.79. The second kappa shape index (κ2) is 6.98. The molecule has 86 valence electrons. The minimum absolute atomic E-state index is 0.122. The molecular weight excluding hydrogens is 264 g/mol. The van der Waals surface area contributed by atoms with Crippen LogP contribution in [-0.2, 0) is 19.0 Å². The minimum atomic E-state index is -0.328. The van der Waals surface area contributed by atoms with E-state index in [4.69, 9.17) is 14.2 Å². The van der Waals surface area contributed by atoms with Crippen LogP contribution >= 0.6 is 15.9 Å². The van der Waals surface area contributed by atoms with E-state index in [1.165, 1.54) is 0 Å². The Balaban J connectivity index is 2.20. The molecule has 0 aliphatic carbocycles. The molecule has 0 aromatic rings. The van der Waals surface area contributed by atoms with Crippen molar-refractivity contribution in [3.8, 4) is 0 Å². The summed E-state index contributed by atoms with van der Waals surface area (Å²) in [5.74, 6) is -0.328. The van der Waals surface area contributed by atoms with Crippen molar-refractivity contribution in [3.05, 3.63) is 10.6 Å². The predicted octanol–water partition coefficient (Wildman–Crippen LogP) is 1.98. The van der Waals surface area contributed by atoms with Crippen LogP contribution in [0, 0.1) is 0 Å². The quantitative estimate of drug-likeness (QED) is 0.570. The maximum Gasteiger partial charge on any atom is 0.344 e. The maximum atomic E-state index is 11.2. The molecule has 0 aromatic heterocycles. The summed E-state index contributed by atoms with van der Waals surface area (Å²) in [6.45, 7) is 3.48. The first-order valence-electron chi connectivity index (χ1n) is 5.00. The fourth-order valence-corrected chi connectivity index (χ4v) is 1.55. The Labute approximate surface area is 97.7 Å². The number of allylic oxidation sites excluding steroid dienone is 1. The van der Waals surface area contributed by atoms with Gasteiger partial charge in [-0.25, -0.2) is 4.79 Å². The van der Waals surface area contributed by atoms with Crippen LogP contribution in [-0.4, -0.2) is 32.1 Å². The standard InChI is InChI=1S/C10H15BrO4/c1-2-13-10(12)8(11)4-3-5-9-14-6-7-15-9/h4,9H,2-3,5-7H2,1H3/b8-4+. The number of halogens is 1. The number of rotatable bonds is 5. The second-order valence-electron chi connectivity index (χ2n) is 3.02. The van der Waals surface area contributed by atoms with Crippen LogP contribution in [0.15, 0.2) is 10.6 Å². The van der Waals surface area contributed by atoms with Crippen LogP contribution in [0.2, 0.25) is 0 Å². The van der Waals surface area contributed by atoms with E-state index in [-0.39, 0.29) is 12.3 Å². The van der Waals surface area contributed by atoms with E-state index >= 15 is 0 Å². The molecule has 0 saturated carbocycles. The molecule has 0 amide bonds. The molecule has 1 aliphatic heterocycles. The number of hydrogen-bond acceptors (Lipinski definition) is 4. The maximum absolute atomic E-state index is 11.2. The molecule has 1 heterocycles. The molecule has 4 nitrogen and oxygen atoms in total. The molecular formula is C10H15BrO4. The molecule has 0 spiro atoms. The summed E-state index contributed by atoms with van der Waals surface area (Å²) in [5.41, 5.74) is 0. The Morgan fingerprint density at radius 3 is 2.80 bits per heavy atom. The van der Waals surface area contributed by atoms with E-state index in [1.54, 1.807) is 13.0 Å². The van der Waals surface area contributed by atoms with Crippen LogP contribution in [0.3, 0.4) is 0 Å². The van der Waals surface area contributed by atoms with Gasteiger partial charge >= 0.3 is 5.97 Å². The summed E-state index contributed by atoms with van der Waals surface area (Å²) in [4.78, 5) is 11.2. The zero-order valence-electron chi connectivity index (χ0n) is 8.70. The Morgan fingerprint density at radius 1 is 1.53 bits per heavy atom. The van der Waals surface area contributed by atoms with Gasteiger partial charge < -0.3 is 14.2 Å². The molecule has 0 aromatic carbocycles. The molecule has 1 saturated heterocycles. The van der Waals surface area contributed by atoms with Gasteiger partial charge in [-0.2, -0.15) is 0 Å². The molecule has 15 heavy (non-hydrogen) atoms. The monoisotopic (exact) mass is 278 g/mol. The van der Waals surface area contributed by atoms with E-state index in [9.17, 15) is 4.79 Å². The fourth-order valence-electron chi connectivity index (χ4n) is 1.20. The van der Waals surface area contributed by atoms with Gasteiger partial charge in [0.2, 0.25) is 0 Å². The zero-order valence-corrected chi connectivity index (χ0v) is 10.3. The first-order chi connectivity index (χ1) is 7.24. The van der Waals surface area contributed by atoms with E-state index in [0.29, 0.717) is 24.3 Å². The number of esters is 1. The predicted molar refractivity (Wildman–Crippen MR) is 58.6 cm³/mol. The molecule has 0 bridgehead atoms. The average Bonchev–Trinajstić information content (AvgIpc) is 2.71. The van der Waals surface area contributed by atoms with Crippen molar-refractivity contribution in [1.82, 2.24) is 0 Å². The molecule has 0 atom stereocenters. The van der Waals surface area contributed by atoms with Gasteiger partial charge in [0.15, 0.2) is 6.29 Å². The molecule has 1 fully saturated rings. The van der Waals surface area contributed by atoms with Gasteiger partial charge in [-0.05, 0) is 29.3 Å². The SMILES string of the molecule is CCOC(=O)/C(Br)=C\CCC1OCCO1. The second-order valence-corrected chi connectivity index (χ2v) is 3.88. The van der Waals surface area contributed by atoms with Crippen molar-refractivity contribution >= 4 is 21.9 Å². The first kappa shape index (κ1) is 12.7. The van der Waals surface area contributed by atoms with Crippen molar-refractivity contribution in [2.75, 3.05) is 19.8 Å². The van der Waals surface area contributed by atoms with E-state index < -0.39 is 0 Å². The van der Waals surface area contributed by atoms with E-state index in [0.717, 1.165) is 12.8 Å². The van der Waals surface area contributed by atoms with Crippen LogP contribution in [0.4, 0.5) is 0 Å². The zero-order chi connectivity index (χ0) is 11.1. The highest BCUT2D eigenvalue weighted by atomic mass is 79.9. The van der Waals surface area contributed by atoms with Crippen molar-refractivity contribution in [2.45, 2.75) is 26.1 Å². The lowest BCUT2D eigenvalue weighted by Crippen LogP contribution is -2.07. The molecule has 0 N–H and O–H groups in total. The topological polar surface area (TPSA) is 44.8 Å². The summed E-state index contributed by atoms with van der Waals surface area (Å²) in [7, 11) is 0. The molecule has 0 radical (unpaired) electrons. The minimum Gasteiger partial charge on any atom is -0.462 e. The fraction of sp³-hybridized carbons (Fsp3) is 0.700. The highest BCUT2D eigenvalue weighted by Gasteiger charge is 2.15. The highest BCUT2D eigenvalue weighted by Crippen LogP contribution is 2.14. The Bertz CT molecular complexity index is 234. The lowest BCUT2D eigenvalue weighted by molar-refractivity contribution is -0.137. The van der Waals surface area contributed by atoms with Gasteiger partial charge in [0, 0.05) is 6.42 Å². The molecule has 0 unspecified atom stereocenters. The van der Waals surface area contributed by atoms with Gasteiger partial charge in [0.1, 0.15) is 0 Å². The molecule has 1 rings (SSSR count). The van der Waals surface area contributed by atoms with Gasteiger partial charge in [0.05, 0.1) is 24.3 Å². The highest BCUT2D eigenvalue weighted by molar-refractivity contribution is 9.12. The van der Waals surface area contributed by atoms with Crippen LogP contribution in [0.1, 0.15) is 19.8 Å². The summed E-state index contributed by atoms with van der Waals surface area (Å²) < 4.78 is 15.8. The Hall–Kier alpha value is -0.390. The number of ether oxygens (including phenoxy) is 3. The lowest BCUT2D eigenvalue weighted by atomic mass is 10.3. The van der Waals surface area contributed by atoms with Crippen molar-refractivity contribution in [2.24, 2.45) is 0 Å². The van der Waals surface area contributed by atoms with Gasteiger partial charge in [-0.15, -0.1) is 0 Å². The smallest absolute Gasteiger partial charge is 0.344 e. The summed E-state index contributed by atoms with van der Waals surface area (Å²) >= 11 is 3.16. The Morgan fingerprint density at radius 2 is 2.20 bits per heavy atom. The van der Waals surface area contributed by atoms with Gasteiger partial charge in [0.25, 0.3) is 0 Å². The third kappa shape index (κ3) is 4.77. The summed E-state index contributed by atoms with van der Waals surface area (Å²) in [6, 6.07) is 0. The lowest BCUT2D eigenvalue weighted by Gasteiger charge is -2.06. The van der Waals surface area contributed by atoms with Crippen molar-refractivity contribution in [1.29, 1.82) is 0 Å². The third-order valence-corrected chi connectivity index (χ3v) is 2.53. The Kier molecular flexibility index (Phi) is 5.90. The average molecular weight is 279 g/mol. The van der Waals surface area contributed by atoms with Crippen molar-refractivity contribution < 1.29 is 19.0 Å². The number of hydrogen-bond donors (Lipinski definition) is 0. The number of carbonyl (C=O) groups excluding carboxylic acids is 1. The summed E-state index contributed by atoms with van der Waals surface area (Å²) in [6.07, 6.45) is 3.14. The van der Waals surface area contributed by atoms with Crippen LogP contribution in [0.25, 0.3) is 0 Å². The van der Waals surface area contributed by atoms with Gasteiger partial charge in [-0.1, -0.05) is 6.08 Å². The number of carbonyl (C=O) groups is 1. The summed E-state index contributed by atoms with van der Waals surface area (Å²) in [5, 5.41) is 0. The van der Waals surface area contributed by atoms with E-state index in [1.807, 2.05) is 0 Å². The largest absolute Gasteiger partial charge is 0.462 e. The third-order valence-electron chi connectivity index (χ3n) is 1.89. The van der Waals surface area contributed by atoms with E-state index in [2.05, 4.69) is 15.9 Å².